The smallest absolute Gasteiger partial charge is 0.418 e. The Morgan fingerprint density at radius 2 is 1.46 bits per heavy atom. The fourth-order valence-corrected chi connectivity index (χ4v) is 4.01. The first-order valence-corrected chi connectivity index (χ1v) is 11.7. The lowest BCUT2D eigenvalue weighted by atomic mass is 9.94. The fraction of sp³-hybridized carbons (Fsp3) is 0.385. The highest BCUT2D eigenvalue weighted by atomic mass is 35.5. The van der Waals surface area contributed by atoms with Crippen LogP contribution in [0.1, 0.15) is 38.3 Å². The van der Waals surface area contributed by atoms with Crippen LogP contribution in [0, 0.1) is 5.92 Å². The standard InChI is InChI=1S/C26H28ClNO7/c1-25(2,3)35-24(32)28-21(29)20(22(30)33-15-18-10-6-4-7-11-18)14-26(28,17-27)23(31)34-16-19-12-8-5-9-13-19/h4-13,20H,14-17H2,1-3H3/t20-,26+/m0/s1. The molecule has 2 aromatic rings. The molecule has 1 heterocycles. The molecule has 0 bridgehead atoms. The van der Waals surface area contributed by atoms with E-state index in [0.29, 0.717) is 10.5 Å². The van der Waals surface area contributed by atoms with Gasteiger partial charge in [-0.3, -0.25) is 9.59 Å². The lowest BCUT2D eigenvalue weighted by Crippen LogP contribution is -2.57. The predicted octanol–water partition coefficient (Wildman–Crippen LogP) is 4.23. The van der Waals surface area contributed by atoms with E-state index in [-0.39, 0.29) is 19.6 Å². The van der Waals surface area contributed by atoms with Gasteiger partial charge in [-0.05, 0) is 31.9 Å². The van der Waals surface area contributed by atoms with Gasteiger partial charge in [-0.1, -0.05) is 60.7 Å². The topological polar surface area (TPSA) is 99.2 Å². The Bertz CT molecular complexity index is 1070. The third kappa shape index (κ3) is 6.19. The van der Waals surface area contributed by atoms with Crippen molar-refractivity contribution in [2.24, 2.45) is 5.92 Å². The zero-order valence-electron chi connectivity index (χ0n) is 19.9. The van der Waals surface area contributed by atoms with E-state index < -0.39 is 46.9 Å². The molecule has 186 valence electrons. The number of carbonyl (C=O) groups is 4. The maximum atomic E-state index is 13.3. The first-order chi connectivity index (χ1) is 16.6. The number of esters is 2. The Labute approximate surface area is 209 Å². The maximum Gasteiger partial charge on any atom is 0.418 e. The minimum atomic E-state index is -1.92. The molecule has 8 nitrogen and oxygen atoms in total. The van der Waals surface area contributed by atoms with E-state index in [1.165, 1.54) is 0 Å². The molecule has 1 saturated heterocycles. The van der Waals surface area contributed by atoms with Gasteiger partial charge in [0, 0.05) is 6.42 Å². The third-order valence-corrected chi connectivity index (χ3v) is 5.83. The Morgan fingerprint density at radius 3 is 1.94 bits per heavy atom. The molecule has 1 aliphatic rings. The van der Waals surface area contributed by atoms with Crippen LogP contribution in [0.5, 0.6) is 0 Å². The predicted molar refractivity (Wildman–Crippen MR) is 127 cm³/mol. The van der Waals surface area contributed by atoms with E-state index in [1.54, 1.807) is 69.3 Å². The normalized spacial score (nSPS) is 19.8. The number of carbonyl (C=O) groups excluding carboxylic acids is 4. The van der Waals surface area contributed by atoms with E-state index in [0.717, 1.165) is 5.56 Å². The molecule has 0 N–H and O–H groups in total. The van der Waals surface area contributed by atoms with Crippen LogP contribution >= 0.6 is 11.6 Å². The summed E-state index contributed by atoms with van der Waals surface area (Å²) in [6.45, 7) is 4.69. The molecule has 3 rings (SSSR count). The number of halogens is 1. The van der Waals surface area contributed by atoms with E-state index in [2.05, 4.69) is 0 Å². The summed E-state index contributed by atoms with van der Waals surface area (Å²) in [6, 6.07) is 17.8. The molecule has 0 unspecified atom stereocenters. The van der Waals surface area contributed by atoms with Gasteiger partial charge in [-0.2, -0.15) is 0 Å². The van der Waals surface area contributed by atoms with Crippen molar-refractivity contribution in [3.63, 3.8) is 0 Å². The molecule has 1 fully saturated rings. The summed E-state index contributed by atoms with van der Waals surface area (Å²) in [5.41, 5.74) is -1.46. The minimum absolute atomic E-state index is 0.0672. The molecule has 2 atom stereocenters. The number of likely N-dealkylation sites (tertiary alicyclic amines) is 1. The van der Waals surface area contributed by atoms with Crippen molar-refractivity contribution in [3.05, 3.63) is 71.8 Å². The number of ether oxygens (including phenoxy) is 3. The van der Waals surface area contributed by atoms with Crippen LogP contribution in [0.15, 0.2) is 60.7 Å². The summed E-state index contributed by atoms with van der Waals surface area (Å²) in [6.07, 6.45) is -1.46. The average molecular weight is 502 g/mol. The molecule has 0 saturated carbocycles. The molecule has 2 amide bonds. The van der Waals surface area contributed by atoms with Gasteiger partial charge in [0.05, 0.1) is 5.88 Å². The zero-order chi connectivity index (χ0) is 25.6. The van der Waals surface area contributed by atoms with E-state index in [1.807, 2.05) is 12.1 Å². The molecular weight excluding hydrogens is 474 g/mol. The second-order valence-corrected chi connectivity index (χ2v) is 9.50. The number of hydrogen-bond donors (Lipinski definition) is 0. The van der Waals surface area contributed by atoms with Gasteiger partial charge in [-0.25, -0.2) is 14.5 Å². The minimum Gasteiger partial charge on any atom is -0.460 e. The van der Waals surface area contributed by atoms with Crippen LogP contribution < -0.4 is 0 Å². The number of amides is 2. The van der Waals surface area contributed by atoms with Gasteiger partial charge < -0.3 is 14.2 Å². The van der Waals surface area contributed by atoms with Crippen molar-refractivity contribution >= 4 is 35.5 Å². The van der Waals surface area contributed by atoms with Crippen molar-refractivity contribution in [1.82, 2.24) is 4.90 Å². The van der Waals surface area contributed by atoms with Crippen molar-refractivity contribution in [2.45, 2.75) is 51.5 Å². The van der Waals surface area contributed by atoms with Crippen molar-refractivity contribution in [2.75, 3.05) is 5.88 Å². The molecule has 9 heteroatoms. The molecule has 35 heavy (non-hydrogen) atoms. The Hall–Kier alpha value is -3.39. The van der Waals surface area contributed by atoms with Crippen molar-refractivity contribution in [1.29, 1.82) is 0 Å². The van der Waals surface area contributed by atoms with Crippen LogP contribution in [-0.4, -0.2) is 45.9 Å². The van der Waals surface area contributed by atoms with Crippen LogP contribution in [0.25, 0.3) is 0 Å². The van der Waals surface area contributed by atoms with Gasteiger partial charge in [0.25, 0.3) is 0 Å². The summed E-state index contributed by atoms with van der Waals surface area (Å²) >= 11 is 6.20. The van der Waals surface area contributed by atoms with Crippen LogP contribution in [-0.2, 0) is 41.8 Å². The molecule has 0 aromatic heterocycles. The average Bonchev–Trinajstić information content (AvgIpc) is 3.15. The molecule has 2 aromatic carbocycles. The lowest BCUT2D eigenvalue weighted by Gasteiger charge is -2.34. The van der Waals surface area contributed by atoms with E-state index >= 15 is 0 Å². The molecule has 0 spiro atoms. The second kappa shape index (κ2) is 10.9. The SMILES string of the molecule is CC(C)(C)OC(=O)N1C(=O)[C@@H](C(=O)OCc2ccccc2)C[C@@]1(CCl)C(=O)OCc1ccccc1. The Morgan fingerprint density at radius 1 is 0.943 bits per heavy atom. The number of imide groups is 1. The maximum absolute atomic E-state index is 13.3. The van der Waals surface area contributed by atoms with Crippen molar-refractivity contribution < 1.29 is 33.4 Å². The summed E-state index contributed by atoms with van der Waals surface area (Å²) in [7, 11) is 0. The third-order valence-electron chi connectivity index (χ3n) is 5.39. The fourth-order valence-electron chi connectivity index (χ4n) is 3.67. The highest BCUT2D eigenvalue weighted by Crippen LogP contribution is 2.39. The van der Waals surface area contributed by atoms with Gasteiger partial charge in [0.15, 0.2) is 5.54 Å². The second-order valence-electron chi connectivity index (χ2n) is 9.23. The van der Waals surface area contributed by atoms with Gasteiger partial charge >= 0.3 is 18.0 Å². The summed E-state index contributed by atoms with van der Waals surface area (Å²) < 4.78 is 16.1. The number of alkyl halides is 1. The summed E-state index contributed by atoms with van der Waals surface area (Å²) in [4.78, 5) is 53.1. The summed E-state index contributed by atoms with van der Waals surface area (Å²) in [5.74, 6) is -4.60. The molecule has 1 aliphatic heterocycles. The lowest BCUT2D eigenvalue weighted by molar-refractivity contribution is -0.159. The van der Waals surface area contributed by atoms with Crippen LogP contribution in [0.2, 0.25) is 0 Å². The van der Waals surface area contributed by atoms with E-state index in [9.17, 15) is 19.2 Å². The van der Waals surface area contributed by atoms with Crippen LogP contribution in [0.3, 0.4) is 0 Å². The largest absolute Gasteiger partial charge is 0.460 e. The Kier molecular flexibility index (Phi) is 8.17. The summed E-state index contributed by atoms with van der Waals surface area (Å²) in [5, 5.41) is 0. The quantitative estimate of drug-likeness (QED) is 0.242. The highest BCUT2D eigenvalue weighted by molar-refractivity contribution is 6.22. The zero-order valence-corrected chi connectivity index (χ0v) is 20.6. The molecule has 0 radical (unpaired) electrons. The van der Waals surface area contributed by atoms with E-state index in [4.69, 9.17) is 25.8 Å². The number of nitrogens with zero attached hydrogens (tertiary/aromatic N) is 1. The number of rotatable bonds is 7. The van der Waals surface area contributed by atoms with Gasteiger partial charge in [-0.15, -0.1) is 11.6 Å². The molecule has 0 aliphatic carbocycles. The number of hydrogen-bond acceptors (Lipinski definition) is 7. The monoisotopic (exact) mass is 501 g/mol. The van der Waals surface area contributed by atoms with Gasteiger partial charge in [0.1, 0.15) is 24.7 Å². The number of benzene rings is 2. The van der Waals surface area contributed by atoms with Crippen LogP contribution in [0.4, 0.5) is 4.79 Å². The highest BCUT2D eigenvalue weighted by Gasteiger charge is 2.62. The first-order valence-electron chi connectivity index (χ1n) is 11.1. The Balaban J connectivity index is 1.85. The first kappa shape index (κ1) is 26.2. The van der Waals surface area contributed by atoms with Gasteiger partial charge in [0.2, 0.25) is 5.91 Å². The van der Waals surface area contributed by atoms with Crippen molar-refractivity contribution in [3.8, 4) is 0 Å². The molecular formula is C26H28ClNO7.